The van der Waals surface area contributed by atoms with Crippen LogP contribution in [0.2, 0.25) is 0 Å². The molecule has 0 aliphatic carbocycles. The van der Waals surface area contributed by atoms with Crippen LogP contribution in [0, 0.1) is 11.3 Å². The molecule has 0 bridgehead atoms. The van der Waals surface area contributed by atoms with Crippen molar-refractivity contribution in [3.8, 4) is 6.07 Å². The van der Waals surface area contributed by atoms with Crippen molar-refractivity contribution < 1.29 is 32.2 Å². The van der Waals surface area contributed by atoms with Gasteiger partial charge < -0.3 is 24.4 Å². The van der Waals surface area contributed by atoms with Gasteiger partial charge in [-0.3, -0.25) is 4.79 Å². The Labute approximate surface area is 182 Å². The normalized spacial score (nSPS) is 16.1. The Balaban J connectivity index is 1.93. The molecule has 2 unspecified atom stereocenters. The standard InChI is InChI=1S/C20H27N3O7S/c1-31(26,27)12-7-18(30-20(25)23-8-10-28-11-9-23)19(24)22-17(13-21)15-29-14-16-5-3-2-4-6-16/h2-6,17-18H,7-12,14-15H2,1H3,(H,22,24). The fourth-order valence-electron chi connectivity index (χ4n) is 2.75. The van der Waals surface area contributed by atoms with Crippen LogP contribution in [-0.4, -0.2) is 82.4 Å². The summed E-state index contributed by atoms with van der Waals surface area (Å²) in [5.41, 5.74) is 0.913. The van der Waals surface area contributed by atoms with Crippen LogP contribution in [-0.2, 0) is 35.4 Å². The van der Waals surface area contributed by atoms with Gasteiger partial charge in [-0.1, -0.05) is 30.3 Å². The zero-order valence-corrected chi connectivity index (χ0v) is 18.2. The van der Waals surface area contributed by atoms with Gasteiger partial charge >= 0.3 is 6.09 Å². The van der Waals surface area contributed by atoms with Crippen molar-refractivity contribution in [2.75, 3.05) is 44.9 Å². The molecule has 1 aromatic carbocycles. The highest BCUT2D eigenvalue weighted by Gasteiger charge is 2.29. The van der Waals surface area contributed by atoms with Crippen molar-refractivity contribution in [3.63, 3.8) is 0 Å². The first-order chi connectivity index (χ1) is 14.8. The first-order valence-corrected chi connectivity index (χ1v) is 11.9. The number of carbonyl (C=O) groups is 2. The molecular weight excluding hydrogens is 426 g/mol. The molecule has 2 atom stereocenters. The quantitative estimate of drug-likeness (QED) is 0.541. The van der Waals surface area contributed by atoms with Gasteiger partial charge in [-0.05, 0) is 5.56 Å². The third-order valence-corrected chi connectivity index (χ3v) is 5.40. The second kappa shape index (κ2) is 12.2. The van der Waals surface area contributed by atoms with E-state index in [-0.39, 0.29) is 25.4 Å². The predicted octanol–water partition coefficient (Wildman–Crippen LogP) is 0.484. The van der Waals surface area contributed by atoms with Crippen LogP contribution in [0.25, 0.3) is 0 Å². The molecule has 0 saturated carbocycles. The molecule has 1 aromatic rings. The molecule has 1 aliphatic rings. The van der Waals surface area contributed by atoms with Crippen LogP contribution < -0.4 is 5.32 Å². The van der Waals surface area contributed by atoms with E-state index in [1.165, 1.54) is 4.90 Å². The Morgan fingerprint density at radius 1 is 1.26 bits per heavy atom. The molecule has 1 saturated heterocycles. The molecule has 0 spiro atoms. The minimum atomic E-state index is -3.39. The van der Waals surface area contributed by atoms with E-state index in [0.29, 0.717) is 26.3 Å². The molecule has 1 fully saturated rings. The smallest absolute Gasteiger partial charge is 0.410 e. The monoisotopic (exact) mass is 453 g/mol. The van der Waals surface area contributed by atoms with Crippen molar-refractivity contribution in [1.82, 2.24) is 10.2 Å². The Hall–Kier alpha value is -2.68. The molecule has 1 heterocycles. The van der Waals surface area contributed by atoms with Crippen molar-refractivity contribution in [1.29, 1.82) is 5.26 Å². The van der Waals surface area contributed by atoms with Crippen molar-refractivity contribution in [2.24, 2.45) is 0 Å². The van der Waals surface area contributed by atoms with Gasteiger partial charge in [0.1, 0.15) is 15.9 Å². The molecule has 2 amide bonds. The van der Waals surface area contributed by atoms with Gasteiger partial charge in [0.15, 0.2) is 6.10 Å². The van der Waals surface area contributed by atoms with E-state index in [4.69, 9.17) is 14.2 Å². The number of hydrogen-bond acceptors (Lipinski definition) is 8. The zero-order chi connectivity index (χ0) is 22.7. The summed E-state index contributed by atoms with van der Waals surface area (Å²) in [6.45, 7) is 1.52. The first-order valence-electron chi connectivity index (χ1n) is 9.81. The number of nitrogens with zero attached hydrogens (tertiary/aromatic N) is 2. The highest BCUT2D eigenvalue weighted by atomic mass is 32.2. The number of ether oxygens (including phenoxy) is 3. The molecule has 31 heavy (non-hydrogen) atoms. The Bertz CT molecular complexity index is 865. The van der Waals surface area contributed by atoms with Crippen molar-refractivity contribution in [2.45, 2.75) is 25.2 Å². The van der Waals surface area contributed by atoms with Crippen LogP contribution >= 0.6 is 0 Å². The number of nitriles is 1. The number of benzene rings is 1. The number of morpholine rings is 1. The van der Waals surface area contributed by atoms with Crippen LogP contribution in [0.5, 0.6) is 0 Å². The van der Waals surface area contributed by atoms with Gasteiger partial charge in [0.05, 0.1) is 38.2 Å². The van der Waals surface area contributed by atoms with Crippen LogP contribution in [0.3, 0.4) is 0 Å². The molecule has 0 aromatic heterocycles. The Morgan fingerprint density at radius 2 is 1.94 bits per heavy atom. The van der Waals surface area contributed by atoms with E-state index in [2.05, 4.69) is 5.32 Å². The van der Waals surface area contributed by atoms with Gasteiger partial charge in [0.25, 0.3) is 5.91 Å². The second-order valence-corrected chi connectivity index (χ2v) is 9.34. The van der Waals surface area contributed by atoms with Gasteiger partial charge in [-0.15, -0.1) is 0 Å². The Morgan fingerprint density at radius 3 is 2.55 bits per heavy atom. The third-order valence-electron chi connectivity index (χ3n) is 4.42. The Kier molecular flexibility index (Phi) is 9.71. The lowest BCUT2D eigenvalue weighted by molar-refractivity contribution is -0.131. The van der Waals surface area contributed by atoms with E-state index in [1.54, 1.807) is 0 Å². The number of nitrogens with one attached hydrogen (secondary N) is 1. The van der Waals surface area contributed by atoms with E-state index < -0.39 is 34.0 Å². The summed E-state index contributed by atoms with van der Waals surface area (Å²) in [5, 5.41) is 11.8. The van der Waals surface area contributed by atoms with E-state index in [0.717, 1.165) is 11.8 Å². The van der Waals surface area contributed by atoms with Crippen molar-refractivity contribution >= 4 is 21.8 Å². The lowest BCUT2D eigenvalue weighted by atomic mass is 10.2. The third kappa shape index (κ3) is 9.33. The number of carbonyl (C=O) groups excluding carboxylic acids is 2. The van der Waals surface area contributed by atoms with Crippen LogP contribution in [0.1, 0.15) is 12.0 Å². The predicted molar refractivity (Wildman–Crippen MR) is 111 cm³/mol. The topological polar surface area (TPSA) is 135 Å². The zero-order valence-electron chi connectivity index (χ0n) is 17.4. The molecule has 10 nitrogen and oxygen atoms in total. The maximum Gasteiger partial charge on any atom is 0.410 e. The fourth-order valence-corrected chi connectivity index (χ4v) is 3.39. The lowest BCUT2D eigenvalue weighted by Gasteiger charge is -2.28. The fraction of sp³-hybridized carbons (Fsp3) is 0.550. The highest BCUT2D eigenvalue weighted by Crippen LogP contribution is 2.08. The number of hydrogen-bond donors (Lipinski definition) is 1. The molecule has 1 aliphatic heterocycles. The molecule has 11 heteroatoms. The van der Waals surface area contributed by atoms with Crippen molar-refractivity contribution in [3.05, 3.63) is 35.9 Å². The van der Waals surface area contributed by atoms with Gasteiger partial charge in [0.2, 0.25) is 0 Å². The average Bonchev–Trinajstić information content (AvgIpc) is 2.76. The van der Waals surface area contributed by atoms with E-state index >= 15 is 0 Å². The number of amides is 2. The highest BCUT2D eigenvalue weighted by molar-refractivity contribution is 7.90. The maximum absolute atomic E-state index is 12.6. The molecule has 2 rings (SSSR count). The molecular formula is C20H27N3O7S. The minimum Gasteiger partial charge on any atom is -0.436 e. The SMILES string of the molecule is CS(=O)(=O)CCC(OC(=O)N1CCOCC1)C(=O)NC(C#N)COCc1ccccc1. The van der Waals surface area contributed by atoms with Gasteiger partial charge in [-0.2, -0.15) is 5.26 Å². The van der Waals surface area contributed by atoms with E-state index in [1.807, 2.05) is 36.4 Å². The number of rotatable bonds is 10. The minimum absolute atomic E-state index is 0.0761. The average molecular weight is 454 g/mol. The summed E-state index contributed by atoms with van der Waals surface area (Å²) in [6.07, 6.45) is -1.27. The van der Waals surface area contributed by atoms with E-state index in [9.17, 15) is 23.3 Å². The summed E-state index contributed by atoms with van der Waals surface area (Å²) >= 11 is 0. The molecule has 1 N–H and O–H groups in total. The summed E-state index contributed by atoms with van der Waals surface area (Å²) < 4.78 is 39.0. The summed E-state index contributed by atoms with van der Waals surface area (Å²) in [7, 11) is -3.39. The molecule has 170 valence electrons. The molecule has 0 radical (unpaired) electrons. The van der Waals surface area contributed by atoms with Gasteiger partial charge in [0, 0.05) is 25.8 Å². The van der Waals surface area contributed by atoms with Crippen LogP contribution in [0.15, 0.2) is 30.3 Å². The maximum atomic E-state index is 12.6. The summed E-state index contributed by atoms with van der Waals surface area (Å²) in [6, 6.07) is 10.3. The van der Waals surface area contributed by atoms with Gasteiger partial charge in [-0.25, -0.2) is 13.2 Å². The van der Waals surface area contributed by atoms with Crippen LogP contribution in [0.4, 0.5) is 4.79 Å². The lowest BCUT2D eigenvalue weighted by Crippen LogP contribution is -2.48. The summed E-state index contributed by atoms with van der Waals surface area (Å²) in [5.74, 6) is -1.09. The summed E-state index contributed by atoms with van der Waals surface area (Å²) in [4.78, 5) is 26.4. The second-order valence-electron chi connectivity index (χ2n) is 7.08. The first kappa shape index (κ1) is 24.6. The largest absolute Gasteiger partial charge is 0.436 e. The number of sulfone groups is 1.